The number of carbonyl (C=O) groups is 3. The number of hydrazine groups is 1. The molecule has 0 fully saturated rings. The number of anilines is 1. The highest BCUT2D eigenvalue weighted by molar-refractivity contribution is 7.80. The van der Waals surface area contributed by atoms with E-state index in [4.69, 9.17) is 17.0 Å². The third kappa shape index (κ3) is 7.51. The highest BCUT2D eigenvalue weighted by Crippen LogP contribution is 2.18. The lowest BCUT2D eigenvalue weighted by atomic mass is 10.1. The van der Waals surface area contributed by atoms with Crippen molar-refractivity contribution in [2.45, 2.75) is 6.92 Å². The Kier molecular flexibility index (Phi) is 8.69. The standard InChI is InChI=1S/C26H24N4O4S/c1-17-6-5-8-20(16-17)24(32)27-21-13-10-19(11-14-21)25(33)29-30-26(35)28-23(31)15-12-18-7-3-4-9-22(18)34-2/h3-16H,1-2H3,(H,27,32)(H,29,33)(H2,28,30,31,35)/b15-12+. The molecule has 0 aliphatic carbocycles. The maximum absolute atomic E-state index is 12.3. The largest absolute Gasteiger partial charge is 0.496 e. The van der Waals surface area contributed by atoms with Gasteiger partial charge in [0, 0.05) is 28.5 Å². The van der Waals surface area contributed by atoms with Crippen LogP contribution < -0.4 is 26.2 Å². The van der Waals surface area contributed by atoms with Crippen molar-refractivity contribution in [2.24, 2.45) is 0 Å². The number of aryl methyl sites for hydroxylation is 1. The van der Waals surface area contributed by atoms with Crippen LogP contribution in [0.5, 0.6) is 5.75 Å². The van der Waals surface area contributed by atoms with Crippen molar-refractivity contribution in [3.63, 3.8) is 0 Å². The number of para-hydroxylation sites is 1. The van der Waals surface area contributed by atoms with Crippen LogP contribution >= 0.6 is 12.2 Å². The predicted octanol–water partition coefficient (Wildman–Crippen LogP) is 3.60. The lowest BCUT2D eigenvalue weighted by Crippen LogP contribution is -2.48. The van der Waals surface area contributed by atoms with Gasteiger partial charge in [0.1, 0.15) is 5.75 Å². The fraction of sp³-hybridized carbons (Fsp3) is 0.0769. The summed E-state index contributed by atoms with van der Waals surface area (Å²) in [4.78, 5) is 36.8. The van der Waals surface area contributed by atoms with Gasteiger partial charge in [0.2, 0.25) is 5.91 Å². The van der Waals surface area contributed by atoms with Crippen molar-refractivity contribution >= 4 is 46.8 Å². The number of hydrogen-bond acceptors (Lipinski definition) is 5. The summed E-state index contributed by atoms with van der Waals surface area (Å²) in [6.45, 7) is 1.91. The number of methoxy groups -OCH3 is 1. The van der Waals surface area contributed by atoms with Gasteiger partial charge in [-0.25, -0.2) is 0 Å². The van der Waals surface area contributed by atoms with Crippen molar-refractivity contribution in [2.75, 3.05) is 12.4 Å². The van der Waals surface area contributed by atoms with Crippen molar-refractivity contribution in [3.8, 4) is 5.75 Å². The van der Waals surface area contributed by atoms with Gasteiger partial charge in [-0.1, -0.05) is 35.9 Å². The molecule has 0 radical (unpaired) electrons. The van der Waals surface area contributed by atoms with Crippen LogP contribution in [0.15, 0.2) is 78.9 Å². The molecule has 178 valence electrons. The van der Waals surface area contributed by atoms with E-state index in [1.807, 2.05) is 31.2 Å². The summed E-state index contributed by atoms with van der Waals surface area (Å²) in [5.41, 5.74) is 8.03. The summed E-state index contributed by atoms with van der Waals surface area (Å²) in [5.74, 6) is -0.558. The van der Waals surface area contributed by atoms with Crippen LogP contribution in [0.2, 0.25) is 0 Å². The number of thiocarbonyl (C=S) groups is 1. The Morgan fingerprint density at radius 1 is 0.857 bits per heavy atom. The van der Waals surface area contributed by atoms with Crippen LogP contribution in [0, 0.1) is 6.92 Å². The summed E-state index contributed by atoms with van der Waals surface area (Å²) in [5, 5.41) is 5.15. The van der Waals surface area contributed by atoms with E-state index in [0.717, 1.165) is 11.1 Å². The zero-order chi connectivity index (χ0) is 25.2. The van der Waals surface area contributed by atoms with Gasteiger partial charge in [0.25, 0.3) is 11.8 Å². The third-order valence-corrected chi connectivity index (χ3v) is 4.97. The van der Waals surface area contributed by atoms with Crippen LogP contribution in [0.3, 0.4) is 0 Å². The average Bonchev–Trinajstić information content (AvgIpc) is 2.86. The van der Waals surface area contributed by atoms with Gasteiger partial charge < -0.3 is 10.1 Å². The van der Waals surface area contributed by atoms with E-state index in [1.165, 1.54) is 6.08 Å². The molecule has 3 aromatic rings. The molecule has 0 heterocycles. The Bertz CT molecular complexity index is 1270. The molecule has 0 atom stereocenters. The molecular formula is C26H24N4O4S. The first-order chi connectivity index (χ1) is 16.9. The first-order valence-electron chi connectivity index (χ1n) is 10.6. The number of benzene rings is 3. The number of hydrogen-bond donors (Lipinski definition) is 4. The van der Waals surface area contributed by atoms with Crippen LogP contribution in [-0.2, 0) is 4.79 Å². The minimum atomic E-state index is -0.476. The molecule has 0 bridgehead atoms. The van der Waals surface area contributed by atoms with Crippen molar-refractivity contribution in [1.29, 1.82) is 0 Å². The van der Waals surface area contributed by atoms with E-state index in [2.05, 4.69) is 21.5 Å². The lowest BCUT2D eigenvalue weighted by Gasteiger charge is -2.10. The number of carbonyl (C=O) groups excluding carboxylic acids is 3. The van der Waals surface area contributed by atoms with E-state index < -0.39 is 11.8 Å². The monoisotopic (exact) mass is 488 g/mol. The van der Waals surface area contributed by atoms with Crippen molar-refractivity contribution < 1.29 is 19.1 Å². The Labute approximate surface area is 208 Å². The highest BCUT2D eigenvalue weighted by Gasteiger charge is 2.09. The Hall–Kier alpha value is -4.50. The summed E-state index contributed by atoms with van der Waals surface area (Å²) in [6, 6.07) is 20.8. The summed E-state index contributed by atoms with van der Waals surface area (Å²) >= 11 is 5.04. The van der Waals surface area contributed by atoms with Gasteiger partial charge in [-0.3, -0.25) is 30.6 Å². The molecule has 0 spiro atoms. The molecule has 9 heteroatoms. The Balaban J connectivity index is 1.47. The highest BCUT2D eigenvalue weighted by atomic mass is 32.1. The minimum Gasteiger partial charge on any atom is -0.496 e. The van der Waals surface area contributed by atoms with Crippen LogP contribution in [0.1, 0.15) is 31.8 Å². The number of nitrogens with one attached hydrogen (secondary N) is 4. The molecule has 3 amide bonds. The third-order valence-electron chi connectivity index (χ3n) is 4.76. The molecule has 3 rings (SSSR count). The van der Waals surface area contributed by atoms with E-state index in [-0.39, 0.29) is 11.0 Å². The zero-order valence-corrected chi connectivity index (χ0v) is 19.9. The van der Waals surface area contributed by atoms with Crippen LogP contribution in [0.25, 0.3) is 6.08 Å². The average molecular weight is 489 g/mol. The second-order valence-electron chi connectivity index (χ2n) is 7.37. The second-order valence-corrected chi connectivity index (χ2v) is 7.78. The van der Waals surface area contributed by atoms with Crippen molar-refractivity contribution in [3.05, 3.63) is 101 Å². The molecule has 0 aromatic heterocycles. The second kappa shape index (κ2) is 12.1. The van der Waals surface area contributed by atoms with Crippen LogP contribution in [0.4, 0.5) is 5.69 Å². The summed E-state index contributed by atoms with van der Waals surface area (Å²) in [7, 11) is 1.55. The fourth-order valence-corrected chi connectivity index (χ4v) is 3.19. The molecule has 3 aromatic carbocycles. The fourth-order valence-electron chi connectivity index (χ4n) is 3.03. The molecule has 35 heavy (non-hydrogen) atoms. The summed E-state index contributed by atoms with van der Waals surface area (Å²) < 4.78 is 5.23. The van der Waals surface area contributed by atoms with Gasteiger partial charge in [-0.05, 0) is 67.7 Å². The number of amides is 3. The SMILES string of the molecule is COc1ccccc1/C=C/C(=O)NC(=S)NNC(=O)c1ccc(NC(=O)c2cccc(C)c2)cc1. The molecule has 0 aliphatic rings. The summed E-state index contributed by atoms with van der Waals surface area (Å²) in [6.07, 6.45) is 2.89. The number of ether oxygens (including phenoxy) is 1. The van der Waals surface area contributed by atoms with Gasteiger partial charge in [0.05, 0.1) is 7.11 Å². The van der Waals surface area contributed by atoms with E-state index in [9.17, 15) is 14.4 Å². The quantitative estimate of drug-likeness (QED) is 0.240. The molecule has 0 aliphatic heterocycles. The van der Waals surface area contributed by atoms with Gasteiger partial charge in [-0.15, -0.1) is 0 Å². The normalized spacial score (nSPS) is 10.3. The van der Waals surface area contributed by atoms with Gasteiger partial charge in [-0.2, -0.15) is 0 Å². The molecule has 8 nitrogen and oxygen atoms in total. The van der Waals surface area contributed by atoms with Crippen LogP contribution in [-0.4, -0.2) is 29.9 Å². The predicted molar refractivity (Wildman–Crippen MR) is 139 cm³/mol. The zero-order valence-electron chi connectivity index (χ0n) is 19.1. The van der Waals surface area contributed by atoms with E-state index in [1.54, 1.807) is 61.7 Å². The maximum atomic E-state index is 12.3. The minimum absolute atomic E-state index is 0.0740. The van der Waals surface area contributed by atoms with Gasteiger partial charge in [0.15, 0.2) is 5.11 Å². The van der Waals surface area contributed by atoms with Crippen molar-refractivity contribution in [1.82, 2.24) is 16.2 Å². The first-order valence-corrected chi connectivity index (χ1v) is 11.0. The molecule has 0 unspecified atom stereocenters. The molecular weight excluding hydrogens is 464 g/mol. The number of rotatable bonds is 6. The topological polar surface area (TPSA) is 109 Å². The Morgan fingerprint density at radius 3 is 2.31 bits per heavy atom. The molecule has 0 saturated heterocycles. The van der Waals surface area contributed by atoms with E-state index in [0.29, 0.717) is 22.6 Å². The van der Waals surface area contributed by atoms with E-state index >= 15 is 0 Å². The Morgan fingerprint density at radius 2 is 1.60 bits per heavy atom. The molecule has 4 N–H and O–H groups in total. The molecule has 0 saturated carbocycles. The first kappa shape index (κ1) is 25.1. The smallest absolute Gasteiger partial charge is 0.269 e. The maximum Gasteiger partial charge on any atom is 0.269 e. The van der Waals surface area contributed by atoms with Gasteiger partial charge >= 0.3 is 0 Å². The lowest BCUT2D eigenvalue weighted by molar-refractivity contribution is -0.115.